The monoisotopic (exact) mass is 245 g/mol. The zero-order chi connectivity index (χ0) is 13.3. The fourth-order valence-corrected chi connectivity index (χ4v) is 1.08. The van der Waals surface area contributed by atoms with Gasteiger partial charge in [0.25, 0.3) is 0 Å². The predicted molar refractivity (Wildman–Crippen MR) is 65.5 cm³/mol. The van der Waals surface area contributed by atoms with Crippen LogP contribution in [0.5, 0.6) is 0 Å². The number of ether oxygens (including phenoxy) is 1. The molecule has 2 amide bonds. The van der Waals surface area contributed by atoms with Crippen LogP contribution in [0.15, 0.2) is 0 Å². The Labute approximate surface area is 102 Å². The maximum atomic E-state index is 11.2. The molecule has 100 valence electrons. The minimum atomic E-state index is -0.473. The van der Waals surface area contributed by atoms with E-state index >= 15 is 0 Å². The second kappa shape index (κ2) is 7.89. The summed E-state index contributed by atoms with van der Waals surface area (Å²) in [4.78, 5) is 21.6. The van der Waals surface area contributed by atoms with Crippen molar-refractivity contribution in [2.45, 2.75) is 39.2 Å². The van der Waals surface area contributed by atoms with Gasteiger partial charge in [-0.05, 0) is 33.7 Å². The van der Waals surface area contributed by atoms with Crippen LogP contribution in [0.4, 0.5) is 4.79 Å². The zero-order valence-corrected chi connectivity index (χ0v) is 10.8. The first-order valence-electron chi connectivity index (χ1n) is 5.77. The van der Waals surface area contributed by atoms with Crippen LogP contribution >= 0.6 is 0 Å². The van der Waals surface area contributed by atoms with Crippen LogP contribution in [0.1, 0.15) is 33.6 Å². The van der Waals surface area contributed by atoms with Crippen LogP contribution in [-0.4, -0.2) is 37.2 Å². The number of carbonyl (C=O) groups is 2. The molecule has 0 fully saturated rings. The Morgan fingerprint density at radius 1 is 1.18 bits per heavy atom. The molecule has 0 unspecified atom stereocenters. The van der Waals surface area contributed by atoms with Gasteiger partial charge >= 0.3 is 6.09 Å². The minimum absolute atomic E-state index is 0.293. The van der Waals surface area contributed by atoms with Crippen LogP contribution in [0.25, 0.3) is 0 Å². The zero-order valence-electron chi connectivity index (χ0n) is 10.8. The van der Waals surface area contributed by atoms with E-state index in [4.69, 9.17) is 10.5 Å². The molecule has 0 saturated carbocycles. The summed E-state index contributed by atoms with van der Waals surface area (Å²) in [7, 11) is 0. The maximum Gasteiger partial charge on any atom is 0.407 e. The molecule has 0 spiro atoms. The molecule has 0 aliphatic carbocycles. The van der Waals surface area contributed by atoms with Crippen molar-refractivity contribution in [1.82, 2.24) is 10.6 Å². The standard InChI is InChI=1S/C11H23N3O3/c1-11(2,3)17-10(16)14-8-7-13-6-4-5-9(12)15/h13H,4-8H2,1-3H3,(H2,12,15)(H,14,16). The van der Waals surface area contributed by atoms with Gasteiger partial charge in [-0.2, -0.15) is 0 Å². The van der Waals surface area contributed by atoms with Crippen molar-refractivity contribution in [2.75, 3.05) is 19.6 Å². The number of nitrogens with two attached hydrogens (primary N) is 1. The Morgan fingerprint density at radius 3 is 2.35 bits per heavy atom. The molecule has 0 radical (unpaired) electrons. The van der Waals surface area contributed by atoms with Gasteiger partial charge in [0, 0.05) is 19.5 Å². The summed E-state index contributed by atoms with van der Waals surface area (Å²) >= 11 is 0. The number of carbonyl (C=O) groups excluding carboxylic acids is 2. The van der Waals surface area contributed by atoms with E-state index in [1.54, 1.807) is 0 Å². The van der Waals surface area contributed by atoms with Gasteiger partial charge in [-0.15, -0.1) is 0 Å². The number of primary amides is 1. The average molecular weight is 245 g/mol. The largest absolute Gasteiger partial charge is 0.444 e. The second-order valence-electron chi connectivity index (χ2n) is 4.75. The number of alkyl carbamates (subject to hydrolysis) is 1. The van der Waals surface area contributed by atoms with Gasteiger partial charge in [0.1, 0.15) is 5.60 Å². The lowest BCUT2D eigenvalue weighted by atomic mass is 10.2. The van der Waals surface area contributed by atoms with E-state index in [2.05, 4.69) is 10.6 Å². The van der Waals surface area contributed by atoms with E-state index in [1.165, 1.54) is 0 Å². The summed E-state index contributed by atoms with van der Waals surface area (Å²) in [5.41, 5.74) is 4.52. The molecule has 0 atom stereocenters. The highest BCUT2D eigenvalue weighted by molar-refractivity contribution is 5.73. The van der Waals surface area contributed by atoms with Gasteiger partial charge in [0.2, 0.25) is 5.91 Å². The summed E-state index contributed by atoms with van der Waals surface area (Å²) in [6.07, 6.45) is 0.672. The van der Waals surface area contributed by atoms with Crippen molar-refractivity contribution in [2.24, 2.45) is 5.73 Å². The van der Waals surface area contributed by atoms with Gasteiger partial charge in [-0.25, -0.2) is 4.79 Å². The summed E-state index contributed by atoms with van der Waals surface area (Å²) in [6.45, 7) is 7.28. The smallest absolute Gasteiger partial charge is 0.407 e. The highest BCUT2D eigenvalue weighted by atomic mass is 16.6. The molecule has 0 aromatic carbocycles. The molecular weight excluding hydrogens is 222 g/mol. The van der Waals surface area contributed by atoms with Crippen LogP contribution in [0, 0.1) is 0 Å². The fraction of sp³-hybridized carbons (Fsp3) is 0.818. The van der Waals surface area contributed by atoms with E-state index in [1.807, 2.05) is 20.8 Å². The Balaban J connectivity index is 3.34. The fourth-order valence-electron chi connectivity index (χ4n) is 1.08. The van der Waals surface area contributed by atoms with Gasteiger partial charge in [-0.3, -0.25) is 4.79 Å². The molecule has 0 bridgehead atoms. The van der Waals surface area contributed by atoms with Crippen molar-refractivity contribution < 1.29 is 14.3 Å². The first kappa shape index (κ1) is 15.7. The van der Waals surface area contributed by atoms with Crippen molar-refractivity contribution >= 4 is 12.0 Å². The molecule has 6 nitrogen and oxygen atoms in total. The van der Waals surface area contributed by atoms with Crippen molar-refractivity contribution in [3.8, 4) is 0 Å². The second-order valence-corrected chi connectivity index (χ2v) is 4.75. The van der Waals surface area contributed by atoms with Gasteiger partial charge in [0.15, 0.2) is 0 Å². The van der Waals surface area contributed by atoms with Gasteiger partial charge in [-0.1, -0.05) is 0 Å². The molecule has 0 aliphatic rings. The summed E-state index contributed by atoms with van der Waals surface area (Å²) in [6, 6.07) is 0. The van der Waals surface area contributed by atoms with Crippen LogP contribution < -0.4 is 16.4 Å². The van der Waals surface area contributed by atoms with E-state index in [0.29, 0.717) is 32.5 Å². The summed E-state index contributed by atoms with van der Waals surface area (Å²) < 4.78 is 5.06. The number of amides is 2. The lowest BCUT2D eigenvalue weighted by molar-refractivity contribution is -0.118. The Morgan fingerprint density at radius 2 is 1.82 bits per heavy atom. The molecule has 6 heteroatoms. The van der Waals surface area contributed by atoms with Crippen molar-refractivity contribution in [3.63, 3.8) is 0 Å². The maximum absolute atomic E-state index is 11.2. The SMILES string of the molecule is CC(C)(C)OC(=O)NCCNCCCC(N)=O. The molecule has 4 N–H and O–H groups in total. The molecule has 0 saturated heterocycles. The molecule has 0 heterocycles. The quantitative estimate of drug-likeness (QED) is 0.565. The summed E-state index contributed by atoms with van der Waals surface area (Å²) in [5, 5.41) is 5.70. The summed E-state index contributed by atoms with van der Waals surface area (Å²) in [5.74, 6) is -0.293. The van der Waals surface area contributed by atoms with Gasteiger partial charge in [0.05, 0.1) is 0 Å². The van der Waals surface area contributed by atoms with Crippen molar-refractivity contribution in [1.29, 1.82) is 0 Å². The lowest BCUT2D eigenvalue weighted by Gasteiger charge is -2.19. The third-order valence-corrected chi connectivity index (χ3v) is 1.75. The third-order valence-electron chi connectivity index (χ3n) is 1.75. The third kappa shape index (κ3) is 12.6. The van der Waals surface area contributed by atoms with E-state index in [0.717, 1.165) is 0 Å². The first-order chi connectivity index (χ1) is 7.81. The molecular formula is C11H23N3O3. The number of nitrogens with one attached hydrogen (secondary N) is 2. The van der Waals surface area contributed by atoms with E-state index in [-0.39, 0.29) is 5.91 Å². The number of rotatable bonds is 7. The van der Waals surface area contributed by atoms with Crippen LogP contribution in [0.3, 0.4) is 0 Å². The molecule has 0 rings (SSSR count). The minimum Gasteiger partial charge on any atom is -0.444 e. The van der Waals surface area contributed by atoms with E-state index < -0.39 is 11.7 Å². The normalized spacial score (nSPS) is 11.0. The predicted octanol–water partition coefficient (Wildman–Crippen LogP) is 0.366. The number of hydrogen-bond donors (Lipinski definition) is 3. The highest BCUT2D eigenvalue weighted by Gasteiger charge is 2.15. The van der Waals surface area contributed by atoms with Crippen LogP contribution in [0.2, 0.25) is 0 Å². The Bertz CT molecular complexity index is 249. The molecule has 0 aromatic heterocycles. The lowest BCUT2D eigenvalue weighted by Crippen LogP contribution is -2.36. The van der Waals surface area contributed by atoms with Crippen LogP contribution in [-0.2, 0) is 9.53 Å². The van der Waals surface area contributed by atoms with Crippen molar-refractivity contribution in [3.05, 3.63) is 0 Å². The molecule has 0 aliphatic heterocycles. The Kier molecular flexibility index (Phi) is 7.29. The van der Waals surface area contributed by atoms with Gasteiger partial charge < -0.3 is 21.1 Å². The van der Waals surface area contributed by atoms with E-state index in [9.17, 15) is 9.59 Å². The first-order valence-corrected chi connectivity index (χ1v) is 5.77. The molecule has 17 heavy (non-hydrogen) atoms. The molecule has 0 aromatic rings. The topological polar surface area (TPSA) is 93.4 Å². The number of hydrogen-bond acceptors (Lipinski definition) is 4. The highest BCUT2D eigenvalue weighted by Crippen LogP contribution is 2.05. The average Bonchev–Trinajstić information content (AvgIpc) is 2.12. The Hall–Kier alpha value is -1.30.